The van der Waals surface area contributed by atoms with Crippen LogP contribution in [0.4, 0.5) is 0 Å². The molecule has 1 rings (SSSR count). The molecule has 86 valence electrons. The summed E-state index contributed by atoms with van der Waals surface area (Å²) >= 11 is 1.91. The first-order valence-electron chi connectivity index (χ1n) is 5.15. The first kappa shape index (κ1) is 12.4. The lowest BCUT2D eigenvalue weighted by Crippen LogP contribution is -2.29. The molecule has 1 heterocycles. The van der Waals surface area contributed by atoms with E-state index in [0.717, 1.165) is 24.3 Å². The second-order valence-corrected chi connectivity index (χ2v) is 4.49. The molecule has 0 spiro atoms. The average molecular weight is 231 g/mol. The van der Waals surface area contributed by atoms with Gasteiger partial charge in [0, 0.05) is 5.92 Å². The molecule has 1 aliphatic rings. The molecule has 0 aromatic carbocycles. The van der Waals surface area contributed by atoms with Crippen LogP contribution in [0.5, 0.6) is 0 Å². The van der Waals surface area contributed by atoms with Crippen LogP contribution in [0.3, 0.4) is 0 Å². The maximum Gasteiger partial charge on any atom is 0.356 e. The summed E-state index contributed by atoms with van der Waals surface area (Å²) in [6, 6.07) is 0. The van der Waals surface area contributed by atoms with Crippen LogP contribution in [-0.4, -0.2) is 36.9 Å². The highest BCUT2D eigenvalue weighted by Gasteiger charge is 2.26. The molecule has 0 saturated carbocycles. The van der Waals surface area contributed by atoms with Crippen molar-refractivity contribution in [2.45, 2.75) is 19.8 Å². The molecule has 5 heteroatoms. The van der Waals surface area contributed by atoms with E-state index in [-0.39, 0.29) is 11.9 Å². The SMILES string of the molecule is CCOC(=O)/C(=N\OC)C1CCSCC1. The van der Waals surface area contributed by atoms with Crippen molar-refractivity contribution in [3.05, 3.63) is 0 Å². The molecular weight excluding hydrogens is 214 g/mol. The van der Waals surface area contributed by atoms with E-state index in [1.165, 1.54) is 7.11 Å². The van der Waals surface area contributed by atoms with Crippen molar-refractivity contribution in [1.82, 2.24) is 0 Å². The van der Waals surface area contributed by atoms with Gasteiger partial charge in [-0.2, -0.15) is 11.8 Å². The van der Waals surface area contributed by atoms with Gasteiger partial charge in [-0.05, 0) is 31.3 Å². The fraction of sp³-hybridized carbons (Fsp3) is 0.800. The molecule has 1 fully saturated rings. The van der Waals surface area contributed by atoms with E-state index < -0.39 is 0 Å². The topological polar surface area (TPSA) is 47.9 Å². The Morgan fingerprint density at radius 2 is 2.13 bits per heavy atom. The lowest BCUT2D eigenvalue weighted by atomic mass is 9.97. The van der Waals surface area contributed by atoms with Crippen LogP contribution in [0.25, 0.3) is 0 Å². The van der Waals surface area contributed by atoms with Crippen molar-refractivity contribution in [2.24, 2.45) is 11.1 Å². The minimum atomic E-state index is -0.337. The molecule has 0 amide bonds. The van der Waals surface area contributed by atoms with Crippen LogP contribution in [0.15, 0.2) is 5.16 Å². The van der Waals surface area contributed by atoms with Gasteiger partial charge in [0.05, 0.1) is 6.61 Å². The van der Waals surface area contributed by atoms with E-state index in [2.05, 4.69) is 5.16 Å². The normalized spacial score (nSPS) is 18.7. The Labute approximate surface area is 94.4 Å². The van der Waals surface area contributed by atoms with Gasteiger partial charge in [-0.15, -0.1) is 0 Å². The maximum absolute atomic E-state index is 11.6. The number of rotatable bonds is 4. The monoisotopic (exact) mass is 231 g/mol. The van der Waals surface area contributed by atoms with Gasteiger partial charge < -0.3 is 9.57 Å². The third-order valence-corrected chi connectivity index (χ3v) is 3.33. The van der Waals surface area contributed by atoms with Crippen LogP contribution in [-0.2, 0) is 14.4 Å². The standard InChI is InChI=1S/C10H17NO3S/c1-3-14-10(12)9(11-13-2)8-4-6-15-7-5-8/h8H,3-7H2,1-2H3/b11-9-. The van der Waals surface area contributed by atoms with Gasteiger partial charge in [0.1, 0.15) is 7.11 Å². The summed E-state index contributed by atoms with van der Waals surface area (Å²) in [5, 5.41) is 3.80. The predicted molar refractivity (Wildman–Crippen MR) is 61.1 cm³/mol. The molecule has 0 aromatic rings. The summed E-state index contributed by atoms with van der Waals surface area (Å²) in [5.74, 6) is 2.01. The Kier molecular flexibility index (Phi) is 5.53. The highest BCUT2D eigenvalue weighted by atomic mass is 32.2. The number of carbonyl (C=O) groups excluding carboxylic acids is 1. The summed E-state index contributed by atoms with van der Waals surface area (Å²) < 4.78 is 4.95. The van der Waals surface area contributed by atoms with E-state index in [0.29, 0.717) is 12.3 Å². The Morgan fingerprint density at radius 3 is 2.67 bits per heavy atom. The zero-order chi connectivity index (χ0) is 11.1. The number of carbonyl (C=O) groups is 1. The van der Waals surface area contributed by atoms with Crippen LogP contribution < -0.4 is 0 Å². The van der Waals surface area contributed by atoms with Crippen molar-refractivity contribution < 1.29 is 14.4 Å². The first-order valence-corrected chi connectivity index (χ1v) is 6.31. The van der Waals surface area contributed by atoms with Crippen molar-refractivity contribution in [1.29, 1.82) is 0 Å². The Bertz CT molecular complexity index is 237. The number of oxime groups is 1. The van der Waals surface area contributed by atoms with E-state index >= 15 is 0 Å². The van der Waals surface area contributed by atoms with Crippen LogP contribution >= 0.6 is 11.8 Å². The van der Waals surface area contributed by atoms with Crippen molar-refractivity contribution in [3.63, 3.8) is 0 Å². The molecule has 0 N–H and O–H groups in total. The third kappa shape index (κ3) is 3.74. The van der Waals surface area contributed by atoms with Crippen molar-refractivity contribution in [2.75, 3.05) is 25.2 Å². The summed E-state index contributed by atoms with van der Waals surface area (Å²) in [6.45, 7) is 2.17. The van der Waals surface area contributed by atoms with E-state index in [1.807, 2.05) is 11.8 Å². The predicted octanol–water partition coefficient (Wildman–Crippen LogP) is 1.70. The number of esters is 1. The lowest BCUT2D eigenvalue weighted by Gasteiger charge is -2.21. The van der Waals surface area contributed by atoms with Gasteiger partial charge >= 0.3 is 5.97 Å². The lowest BCUT2D eigenvalue weighted by molar-refractivity contribution is -0.135. The molecule has 1 aliphatic heterocycles. The Morgan fingerprint density at radius 1 is 1.47 bits per heavy atom. The summed E-state index contributed by atoms with van der Waals surface area (Å²) in [5.41, 5.74) is 0.444. The molecule has 1 saturated heterocycles. The minimum absolute atomic E-state index is 0.199. The fourth-order valence-electron chi connectivity index (χ4n) is 1.55. The second-order valence-electron chi connectivity index (χ2n) is 3.27. The quantitative estimate of drug-likeness (QED) is 0.420. The van der Waals surface area contributed by atoms with Gasteiger partial charge in [0.2, 0.25) is 0 Å². The van der Waals surface area contributed by atoms with E-state index in [9.17, 15) is 4.79 Å². The highest BCUT2D eigenvalue weighted by Crippen LogP contribution is 2.24. The minimum Gasteiger partial charge on any atom is -0.461 e. The molecule has 0 atom stereocenters. The number of thioether (sulfide) groups is 1. The number of hydrogen-bond donors (Lipinski definition) is 0. The zero-order valence-corrected chi connectivity index (χ0v) is 10.0. The smallest absolute Gasteiger partial charge is 0.356 e. The van der Waals surface area contributed by atoms with Gasteiger partial charge in [0.25, 0.3) is 0 Å². The Hall–Kier alpha value is -0.710. The van der Waals surface area contributed by atoms with Crippen LogP contribution in [0, 0.1) is 5.92 Å². The van der Waals surface area contributed by atoms with Crippen LogP contribution in [0.1, 0.15) is 19.8 Å². The molecule has 0 aliphatic carbocycles. The summed E-state index contributed by atoms with van der Waals surface area (Å²) in [6.07, 6.45) is 1.96. The molecule has 0 bridgehead atoms. The van der Waals surface area contributed by atoms with Gasteiger partial charge in [-0.1, -0.05) is 5.16 Å². The molecule has 15 heavy (non-hydrogen) atoms. The molecular formula is C10H17NO3S. The highest BCUT2D eigenvalue weighted by molar-refractivity contribution is 7.99. The number of ether oxygens (including phenoxy) is 1. The average Bonchev–Trinajstić information content (AvgIpc) is 2.27. The van der Waals surface area contributed by atoms with E-state index in [1.54, 1.807) is 6.92 Å². The number of hydrogen-bond acceptors (Lipinski definition) is 5. The summed E-state index contributed by atoms with van der Waals surface area (Å²) in [4.78, 5) is 16.3. The van der Waals surface area contributed by atoms with Crippen molar-refractivity contribution in [3.8, 4) is 0 Å². The summed E-state index contributed by atoms with van der Waals surface area (Å²) in [7, 11) is 1.46. The molecule has 4 nitrogen and oxygen atoms in total. The Balaban J connectivity index is 2.63. The molecule has 0 radical (unpaired) electrons. The van der Waals surface area contributed by atoms with Gasteiger partial charge in [0.15, 0.2) is 5.71 Å². The maximum atomic E-state index is 11.6. The van der Waals surface area contributed by atoms with E-state index in [4.69, 9.17) is 9.57 Å². The molecule has 0 unspecified atom stereocenters. The van der Waals surface area contributed by atoms with Crippen molar-refractivity contribution >= 4 is 23.4 Å². The van der Waals surface area contributed by atoms with Gasteiger partial charge in [-0.25, -0.2) is 4.79 Å². The molecule has 0 aromatic heterocycles. The third-order valence-electron chi connectivity index (χ3n) is 2.28. The number of nitrogens with zero attached hydrogens (tertiary/aromatic N) is 1. The second kappa shape index (κ2) is 6.71. The van der Waals surface area contributed by atoms with Gasteiger partial charge in [-0.3, -0.25) is 0 Å². The van der Waals surface area contributed by atoms with Crippen LogP contribution in [0.2, 0.25) is 0 Å². The fourth-order valence-corrected chi connectivity index (χ4v) is 2.66. The zero-order valence-electron chi connectivity index (χ0n) is 9.19. The largest absolute Gasteiger partial charge is 0.461 e. The first-order chi connectivity index (χ1) is 7.29.